The zero-order valence-electron chi connectivity index (χ0n) is 18.3. The largest absolute Gasteiger partial charge is 0.402 e. The Morgan fingerprint density at radius 3 is 2.03 bits per heavy atom. The summed E-state index contributed by atoms with van der Waals surface area (Å²) >= 11 is 0. The van der Waals surface area contributed by atoms with Gasteiger partial charge >= 0.3 is 0 Å². The summed E-state index contributed by atoms with van der Waals surface area (Å²) in [5.41, 5.74) is 0. The lowest BCUT2D eigenvalue weighted by Crippen LogP contribution is -2.68. The van der Waals surface area contributed by atoms with Gasteiger partial charge < -0.3 is 19.0 Å². The van der Waals surface area contributed by atoms with Crippen molar-refractivity contribution in [3.8, 4) is 0 Å². The fourth-order valence-corrected chi connectivity index (χ4v) is 9.60. The molecule has 0 bridgehead atoms. The minimum absolute atomic E-state index is 0.00181. The van der Waals surface area contributed by atoms with Gasteiger partial charge in [-0.3, -0.25) is 0 Å². The third kappa shape index (κ3) is 4.27. The average molecular weight is 427 g/mol. The second-order valence-electron chi connectivity index (χ2n) is 9.50. The maximum atomic E-state index is 9.37. The van der Waals surface area contributed by atoms with E-state index in [0.717, 1.165) is 25.9 Å². The Morgan fingerprint density at radius 1 is 0.933 bits per heavy atom. The lowest BCUT2D eigenvalue weighted by molar-refractivity contribution is -0.0720. The molecule has 1 N–H and O–H groups in total. The van der Waals surface area contributed by atoms with E-state index in [1.165, 1.54) is 10.4 Å². The van der Waals surface area contributed by atoms with Gasteiger partial charge in [-0.2, -0.15) is 0 Å². The molecule has 0 aliphatic carbocycles. The minimum atomic E-state index is -2.60. The van der Waals surface area contributed by atoms with Gasteiger partial charge in [-0.1, -0.05) is 81.4 Å². The maximum Gasteiger partial charge on any atom is 0.261 e. The number of hydrogen-bond donors (Lipinski definition) is 1. The van der Waals surface area contributed by atoms with Crippen LogP contribution in [0.1, 0.15) is 40.0 Å². The molecule has 0 aromatic heterocycles. The first-order chi connectivity index (χ1) is 14.5. The van der Waals surface area contributed by atoms with Crippen LogP contribution in [0.25, 0.3) is 0 Å². The number of aliphatic hydroxyl groups excluding tert-OH is 1. The Bertz CT molecular complexity index is 765. The predicted octanol–water partition coefficient (Wildman–Crippen LogP) is 3.26. The molecule has 2 saturated heterocycles. The van der Waals surface area contributed by atoms with Crippen molar-refractivity contribution in [3.63, 3.8) is 0 Å². The van der Waals surface area contributed by atoms with E-state index in [4.69, 9.17) is 13.9 Å². The SMILES string of the molecule is CC(C)(C)[Si](O[C@@H]1CCCO[C@H]1C[C@H]1O[C@@H]1CO)(c1ccccc1)c1ccccc1. The zero-order valence-corrected chi connectivity index (χ0v) is 19.3. The fourth-order valence-electron chi connectivity index (χ4n) is 4.86. The van der Waals surface area contributed by atoms with Crippen LogP contribution in [0, 0.1) is 0 Å². The molecule has 4 atom stereocenters. The van der Waals surface area contributed by atoms with Crippen LogP contribution in [0.4, 0.5) is 0 Å². The molecule has 2 aromatic rings. The number of ether oxygens (including phenoxy) is 2. The van der Waals surface area contributed by atoms with Crippen molar-refractivity contribution < 1.29 is 19.0 Å². The Balaban J connectivity index is 1.72. The van der Waals surface area contributed by atoms with Crippen LogP contribution in [0.2, 0.25) is 5.04 Å². The molecule has 0 unspecified atom stereocenters. The van der Waals surface area contributed by atoms with E-state index in [-0.39, 0.29) is 36.1 Å². The van der Waals surface area contributed by atoms with Gasteiger partial charge in [-0.05, 0) is 28.3 Å². The molecule has 2 fully saturated rings. The van der Waals surface area contributed by atoms with Crippen molar-refractivity contribution >= 4 is 18.7 Å². The summed E-state index contributed by atoms with van der Waals surface area (Å²) in [5, 5.41) is 11.9. The monoisotopic (exact) mass is 426 g/mol. The van der Waals surface area contributed by atoms with Crippen LogP contribution in [-0.4, -0.2) is 51.1 Å². The Labute approximate surface area is 181 Å². The van der Waals surface area contributed by atoms with E-state index in [9.17, 15) is 5.11 Å². The standard InChI is InChI=1S/C25H34O4Si/c1-25(2,3)30(19-11-6-4-7-12-19,20-13-8-5-9-14-20)29-21-15-10-16-27-22(21)17-23-24(18-26)28-23/h4-9,11-14,21-24,26H,10,15-18H2,1-3H3/t21-,22+,23-,24-/m1/s1. The molecule has 0 saturated carbocycles. The van der Waals surface area contributed by atoms with Crippen molar-refractivity contribution in [1.82, 2.24) is 0 Å². The van der Waals surface area contributed by atoms with Crippen LogP contribution < -0.4 is 10.4 Å². The van der Waals surface area contributed by atoms with Gasteiger partial charge in [-0.25, -0.2) is 0 Å². The molecular formula is C25H34O4Si. The van der Waals surface area contributed by atoms with Gasteiger partial charge in [0, 0.05) is 13.0 Å². The van der Waals surface area contributed by atoms with Crippen LogP contribution >= 0.6 is 0 Å². The summed E-state index contributed by atoms with van der Waals surface area (Å²) in [6, 6.07) is 21.5. The molecule has 2 aliphatic rings. The number of hydrogen-bond acceptors (Lipinski definition) is 4. The summed E-state index contributed by atoms with van der Waals surface area (Å²) < 4.78 is 19.1. The first-order valence-electron chi connectivity index (χ1n) is 11.1. The Kier molecular flexibility index (Phi) is 6.46. The third-order valence-electron chi connectivity index (χ3n) is 6.46. The lowest BCUT2D eigenvalue weighted by atomic mass is 10.0. The molecule has 0 spiro atoms. The normalized spacial score (nSPS) is 27.1. The molecular weight excluding hydrogens is 392 g/mol. The quantitative estimate of drug-likeness (QED) is 0.545. The van der Waals surface area contributed by atoms with Crippen molar-refractivity contribution in [2.45, 2.75) is 69.5 Å². The van der Waals surface area contributed by atoms with E-state index in [0.29, 0.717) is 0 Å². The van der Waals surface area contributed by atoms with E-state index in [2.05, 4.69) is 81.4 Å². The highest BCUT2D eigenvalue weighted by Gasteiger charge is 2.53. The van der Waals surface area contributed by atoms with Crippen molar-refractivity contribution in [3.05, 3.63) is 60.7 Å². The molecule has 0 amide bonds. The van der Waals surface area contributed by atoms with E-state index in [1.54, 1.807) is 0 Å². The molecule has 2 aromatic carbocycles. The summed E-state index contributed by atoms with van der Waals surface area (Å²) in [5.74, 6) is 0. The molecule has 162 valence electrons. The van der Waals surface area contributed by atoms with Gasteiger partial charge in [0.15, 0.2) is 0 Å². The third-order valence-corrected chi connectivity index (χ3v) is 11.5. The van der Waals surface area contributed by atoms with Crippen LogP contribution in [0.15, 0.2) is 60.7 Å². The molecule has 30 heavy (non-hydrogen) atoms. The first-order valence-corrected chi connectivity index (χ1v) is 13.0. The molecule has 2 aliphatic heterocycles. The van der Waals surface area contributed by atoms with Gasteiger partial charge in [0.25, 0.3) is 8.32 Å². The smallest absolute Gasteiger partial charge is 0.261 e. The minimum Gasteiger partial charge on any atom is -0.402 e. The fraction of sp³-hybridized carbons (Fsp3) is 0.520. The van der Waals surface area contributed by atoms with Crippen molar-refractivity contribution in [2.75, 3.05) is 13.2 Å². The lowest BCUT2D eigenvalue weighted by Gasteiger charge is -2.47. The van der Waals surface area contributed by atoms with Crippen LogP contribution in [0.3, 0.4) is 0 Å². The maximum absolute atomic E-state index is 9.37. The summed E-state index contributed by atoms with van der Waals surface area (Å²) in [6.45, 7) is 7.77. The van der Waals surface area contributed by atoms with E-state index in [1.807, 2.05) is 0 Å². The van der Waals surface area contributed by atoms with E-state index >= 15 is 0 Å². The number of epoxide rings is 1. The number of benzene rings is 2. The van der Waals surface area contributed by atoms with Crippen molar-refractivity contribution in [1.29, 1.82) is 0 Å². The van der Waals surface area contributed by atoms with E-state index < -0.39 is 8.32 Å². The Hall–Kier alpha value is -1.50. The molecule has 5 heteroatoms. The molecule has 4 nitrogen and oxygen atoms in total. The summed E-state index contributed by atoms with van der Waals surface area (Å²) in [7, 11) is -2.60. The first kappa shape index (κ1) is 21.7. The summed E-state index contributed by atoms with van der Waals surface area (Å²) in [4.78, 5) is 0. The second-order valence-corrected chi connectivity index (χ2v) is 13.8. The number of aliphatic hydroxyl groups is 1. The second kappa shape index (κ2) is 8.93. The molecule has 0 radical (unpaired) electrons. The highest BCUT2D eigenvalue weighted by Crippen LogP contribution is 2.40. The topological polar surface area (TPSA) is 51.2 Å². The van der Waals surface area contributed by atoms with Gasteiger partial charge in [0.2, 0.25) is 0 Å². The average Bonchev–Trinajstić information content (AvgIpc) is 3.51. The van der Waals surface area contributed by atoms with Gasteiger partial charge in [-0.15, -0.1) is 0 Å². The van der Waals surface area contributed by atoms with Crippen LogP contribution in [0.5, 0.6) is 0 Å². The highest BCUT2D eigenvalue weighted by atomic mass is 28.4. The number of rotatable bonds is 7. The summed E-state index contributed by atoms with van der Waals surface area (Å²) in [6.07, 6.45) is 2.86. The molecule has 2 heterocycles. The van der Waals surface area contributed by atoms with Gasteiger partial charge in [0.05, 0.1) is 24.9 Å². The molecule has 4 rings (SSSR count). The predicted molar refractivity (Wildman–Crippen MR) is 122 cm³/mol. The van der Waals surface area contributed by atoms with Gasteiger partial charge in [0.1, 0.15) is 6.10 Å². The Morgan fingerprint density at radius 2 is 1.53 bits per heavy atom. The zero-order chi connectivity index (χ0) is 21.2. The van der Waals surface area contributed by atoms with Crippen molar-refractivity contribution in [2.24, 2.45) is 0 Å². The van der Waals surface area contributed by atoms with Crippen LogP contribution in [-0.2, 0) is 13.9 Å². The highest BCUT2D eigenvalue weighted by molar-refractivity contribution is 6.99.